The Hall–Kier alpha value is 1.27. The summed E-state index contributed by atoms with van der Waals surface area (Å²) < 4.78 is -0.383. The number of allylic oxidation sites excluding steroid dienone is 2. The molecule has 7 heteroatoms. The van der Waals surface area contributed by atoms with Gasteiger partial charge in [0, 0.05) is 0 Å². The van der Waals surface area contributed by atoms with Gasteiger partial charge < -0.3 is 0 Å². The average molecular weight is 378 g/mol. The molecule has 0 aliphatic heterocycles. The van der Waals surface area contributed by atoms with Crippen molar-refractivity contribution in [2.75, 3.05) is 0 Å². The lowest BCUT2D eigenvalue weighted by Gasteiger charge is -1.97. The van der Waals surface area contributed by atoms with E-state index in [9.17, 15) is 4.79 Å². The summed E-state index contributed by atoms with van der Waals surface area (Å²) in [5.41, 5.74) is 0. The summed E-state index contributed by atoms with van der Waals surface area (Å²) in [6, 6.07) is 0. The molecule has 0 atom stereocenters. The molecule has 68 valence electrons. The third-order valence-electron chi connectivity index (χ3n) is 0.731. The molecule has 0 heterocycles. The predicted molar refractivity (Wildman–Crippen MR) is 60.3 cm³/mol. The number of hydrogen-bond acceptors (Lipinski definition) is 1. The first-order chi connectivity index (χ1) is 5.37. The van der Waals surface area contributed by atoms with E-state index < -0.39 is 5.78 Å². The Morgan fingerprint density at radius 3 is 1.25 bits per heavy atom. The molecule has 12 heavy (non-hydrogen) atoms. The topological polar surface area (TPSA) is 17.1 Å². The lowest BCUT2D eigenvalue weighted by Crippen LogP contribution is -1.97. The SMILES string of the molecule is O=C(C(Br)=C(Cl)Cl)C(Br)=C(Cl)Cl. The first-order valence-electron chi connectivity index (χ1n) is 2.34. The second-order valence-electron chi connectivity index (χ2n) is 1.48. The molecule has 0 saturated carbocycles. The summed E-state index contributed by atoms with van der Waals surface area (Å²) in [5.74, 6) is -0.519. The highest BCUT2D eigenvalue weighted by molar-refractivity contribution is 9.13. The molecular weight excluding hydrogens is 378 g/mol. The Bertz CT molecular complexity index is 237. The van der Waals surface area contributed by atoms with Gasteiger partial charge in [-0.2, -0.15) is 0 Å². The van der Waals surface area contributed by atoms with E-state index in [0.29, 0.717) is 0 Å². The number of ketones is 1. The van der Waals surface area contributed by atoms with Crippen molar-refractivity contribution in [3.8, 4) is 0 Å². The van der Waals surface area contributed by atoms with Crippen LogP contribution in [0, 0.1) is 0 Å². The third-order valence-corrected chi connectivity index (χ3v) is 3.91. The molecule has 0 aromatic rings. The lowest BCUT2D eigenvalue weighted by molar-refractivity contribution is -0.110. The second-order valence-corrected chi connectivity index (χ2v) is 4.96. The average Bonchev–Trinajstić information content (AvgIpc) is 2.00. The lowest BCUT2D eigenvalue weighted by atomic mass is 10.4. The zero-order valence-electron chi connectivity index (χ0n) is 5.18. The van der Waals surface area contributed by atoms with Gasteiger partial charge in [-0.25, -0.2) is 0 Å². The van der Waals surface area contributed by atoms with Crippen molar-refractivity contribution in [3.05, 3.63) is 17.9 Å². The van der Waals surface area contributed by atoms with Crippen LogP contribution in [0.5, 0.6) is 0 Å². The number of carbonyl (C=O) groups is 1. The molecule has 0 saturated heterocycles. The minimum absolute atomic E-state index is 0.00323. The van der Waals surface area contributed by atoms with E-state index in [4.69, 9.17) is 46.4 Å². The number of hydrogen-bond donors (Lipinski definition) is 0. The molecule has 0 aromatic carbocycles. The Morgan fingerprint density at radius 1 is 0.833 bits per heavy atom. The van der Waals surface area contributed by atoms with Gasteiger partial charge in [0.25, 0.3) is 0 Å². The van der Waals surface area contributed by atoms with Crippen molar-refractivity contribution in [2.45, 2.75) is 0 Å². The third kappa shape index (κ3) is 3.99. The van der Waals surface area contributed by atoms with Crippen LogP contribution in [-0.2, 0) is 4.79 Å². The van der Waals surface area contributed by atoms with Crippen LogP contribution >= 0.6 is 78.3 Å². The van der Waals surface area contributed by atoms with E-state index in [1.54, 1.807) is 0 Å². The largest absolute Gasteiger partial charge is 0.287 e. The highest BCUT2D eigenvalue weighted by Crippen LogP contribution is 2.29. The molecule has 1 nitrogen and oxygen atoms in total. The summed E-state index contributed by atoms with van der Waals surface area (Å²) >= 11 is 27.0. The fourth-order valence-electron chi connectivity index (χ4n) is 0.268. The van der Waals surface area contributed by atoms with Gasteiger partial charge in [0.15, 0.2) is 0 Å². The summed E-state index contributed by atoms with van der Waals surface area (Å²) in [5, 5.41) is 0. The van der Waals surface area contributed by atoms with Crippen LogP contribution in [0.15, 0.2) is 17.9 Å². The van der Waals surface area contributed by atoms with Gasteiger partial charge >= 0.3 is 0 Å². The van der Waals surface area contributed by atoms with Crippen molar-refractivity contribution >= 4 is 84.0 Å². The summed E-state index contributed by atoms with van der Waals surface area (Å²) in [6.45, 7) is 0. The fourth-order valence-corrected chi connectivity index (χ4v) is 1.27. The molecule has 0 fully saturated rings. The van der Waals surface area contributed by atoms with Crippen LogP contribution < -0.4 is 0 Å². The highest BCUT2D eigenvalue weighted by atomic mass is 79.9. The van der Waals surface area contributed by atoms with Crippen LogP contribution in [0.4, 0.5) is 0 Å². The van der Waals surface area contributed by atoms with Gasteiger partial charge in [-0.15, -0.1) is 0 Å². The molecule has 0 amide bonds. The summed E-state index contributed by atoms with van der Waals surface area (Å²) in [7, 11) is 0. The number of halogens is 6. The Morgan fingerprint density at radius 2 is 1.08 bits per heavy atom. The maximum Gasteiger partial charge on any atom is 0.211 e. The number of carbonyl (C=O) groups excluding carboxylic acids is 1. The summed E-state index contributed by atoms with van der Waals surface area (Å²) in [4.78, 5) is 11.2. The van der Waals surface area contributed by atoms with Crippen LogP contribution in [0.1, 0.15) is 0 Å². The fraction of sp³-hybridized carbons (Fsp3) is 0. The van der Waals surface area contributed by atoms with Crippen molar-refractivity contribution in [3.63, 3.8) is 0 Å². The second kappa shape index (κ2) is 5.89. The monoisotopic (exact) mass is 374 g/mol. The van der Waals surface area contributed by atoms with Crippen LogP contribution in [-0.4, -0.2) is 5.78 Å². The van der Waals surface area contributed by atoms with Crippen molar-refractivity contribution in [1.29, 1.82) is 0 Å². The van der Waals surface area contributed by atoms with Gasteiger partial charge in [0.2, 0.25) is 5.78 Å². The molecule has 0 bridgehead atoms. The maximum absolute atomic E-state index is 11.2. The molecule has 0 N–H and O–H groups in total. The van der Waals surface area contributed by atoms with Crippen molar-refractivity contribution in [2.24, 2.45) is 0 Å². The minimum Gasteiger partial charge on any atom is -0.287 e. The van der Waals surface area contributed by atoms with Gasteiger partial charge in [-0.05, 0) is 31.9 Å². The van der Waals surface area contributed by atoms with Gasteiger partial charge in [-0.3, -0.25) is 4.79 Å². The molecule has 0 radical (unpaired) electrons. The van der Waals surface area contributed by atoms with E-state index in [1.807, 2.05) is 0 Å². The Labute approximate surface area is 106 Å². The smallest absolute Gasteiger partial charge is 0.211 e. The quantitative estimate of drug-likeness (QED) is 0.641. The molecule has 0 aromatic heterocycles. The predicted octanol–water partition coefficient (Wildman–Crippen LogP) is 4.64. The maximum atomic E-state index is 11.2. The molecule has 0 unspecified atom stereocenters. The normalized spacial score (nSPS) is 9.17. The van der Waals surface area contributed by atoms with E-state index >= 15 is 0 Å². The zero-order chi connectivity index (χ0) is 9.89. The van der Waals surface area contributed by atoms with Gasteiger partial charge in [0.1, 0.15) is 8.98 Å². The van der Waals surface area contributed by atoms with Gasteiger partial charge in [-0.1, -0.05) is 46.4 Å². The van der Waals surface area contributed by atoms with Crippen LogP contribution in [0.3, 0.4) is 0 Å². The number of Topliss-reactive ketones (excluding diaryl/α,β-unsaturated/α-hetero) is 1. The molecule has 0 aliphatic rings. The Balaban J connectivity index is 4.90. The number of rotatable bonds is 2. The van der Waals surface area contributed by atoms with E-state index in [2.05, 4.69) is 31.9 Å². The van der Waals surface area contributed by atoms with Crippen LogP contribution in [0.25, 0.3) is 0 Å². The molecule has 0 aliphatic carbocycles. The van der Waals surface area contributed by atoms with Crippen molar-refractivity contribution in [1.82, 2.24) is 0 Å². The molecular formula is C5Br2Cl4O. The standard InChI is InChI=1S/C5Br2Cl4O/c6-1(4(8)9)3(12)2(7)5(10)11. The van der Waals surface area contributed by atoms with E-state index in [1.165, 1.54) is 0 Å². The van der Waals surface area contributed by atoms with E-state index in [-0.39, 0.29) is 17.9 Å². The molecule has 0 rings (SSSR count). The summed E-state index contributed by atoms with van der Waals surface area (Å²) in [6.07, 6.45) is 0. The minimum atomic E-state index is -0.519. The zero-order valence-corrected chi connectivity index (χ0v) is 11.4. The van der Waals surface area contributed by atoms with Crippen LogP contribution in [0.2, 0.25) is 0 Å². The highest BCUT2D eigenvalue weighted by Gasteiger charge is 2.16. The van der Waals surface area contributed by atoms with E-state index in [0.717, 1.165) is 0 Å². The first kappa shape index (κ1) is 13.3. The molecule has 0 spiro atoms. The Kier molecular flexibility index (Phi) is 6.51. The first-order valence-corrected chi connectivity index (χ1v) is 5.44. The van der Waals surface area contributed by atoms with Gasteiger partial charge in [0.05, 0.1) is 8.96 Å². The van der Waals surface area contributed by atoms with Crippen molar-refractivity contribution < 1.29 is 4.79 Å².